The molecule has 1 saturated carbocycles. The van der Waals surface area contributed by atoms with E-state index in [1.54, 1.807) is 6.07 Å². The Morgan fingerprint density at radius 3 is 2.83 bits per heavy atom. The Kier molecular flexibility index (Phi) is 4.25. The summed E-state index contributed by atoms with van der Waals surface area (Å²) in [5.74, 6) is 0.860. The van der Waals surface area contributed by atoms with Crippen LogP contribution in [0.1, 0.15) is 25.3 Å². The van der Waals surface area contributed by atoms with Crippen molar-refractivity contribution in [3.63, 3.8) is 0 Å². The topological polar surface area (TPSA) is 35.5 Å². The minimum Gasteiger partial charge on any atom is -0.487 e. The van der Waals surface area contributed by atoms with E-state index in [0.717, 1.165) is 17.7 Å². The van der Waals surface area contributed by atoms with Crippen molar-refractivity contribution in [1.29, 1.82) is 0 Å². The molecule has 1 aromatic rings. The number of rotatable bonds is 5. The van der Waals surface area contributed by atoms with Crippen molar-refractivity contribution in [2.75, 3.05) is 6.61 Å². The summed E-state index contributed by atoms with van der Waals surface area (Å²) in [6.45, 7) is 4.53. The quantitative estimate of drug-likeness (QED) is 0.823. The average molecular weight is 269 g/mol. The molecule has 1 aliphatic carbocycles. The van der Waals surface area contributed by atoms with E-state index in [-0.39, 0.29) is 11.9 Å². The number of carbonyl (C=O) groups excluding carboxylic acids is 1. The van der Waals surface area contributed by atoms with E-state index in [4.69, 9.17) is 21.1 Å². The van der Waals surface area contributed by atoms with Gasteiger partial charge in [-0.1, -0.05) is 18.5 Å². The summed E-state index contributed by atoms with van der Waals surface area (Å²) in [7, 11) is 0. The zero-order chi connectivity index (χ0) is 13.1. The van der Waals surface area contributed by atoms with Gasteiger partial charge in [0.2, 0.25) is 0 Å². The second kappa shape index (κ2) is 5.72. The van der Waals surface area contributed by atoms with Crippen LogP contribution in [0, 0.1) is 6.92 Å². The lowest BCUT2D eigenvalue weighted by Gasteiger charge is -2.34. The van der Waals surface area contributed by atoms with E-state index in [9.17, 15) is 4.79 Å². The Morgan fingerprint density at radius 1 is 1.44 bits per heavy atom. The van der Waals surface area contributed by atoms with Crippen molar-refractivity contribution in [3.8, 4) is 5.75 Å². The Balaban J connectivity index is 1.96. The summed E-state index contributed by atoms with van der Waals surface area (Å²) in [6, 6.07) is 5.49. The molecular formula is C14H17ClO3. The van der Waals surface area contributed by atoms with Crippen LogP contribution in [0.5, 0.6) is 5.75 Å². The van der Waals surface area contributed by atoms with Crippen LogP contribution in [-0.2, 0) is 9.53 Å². The second-order valence-corrected chi connectivity index (χ2v) is 4.94. The second-order valence-electron chi connectivity index (χ2n) is 4.53. The molecule has 0 radical (unpaired) electrons. The molecule has 0 heterocycles. The minimum atomic E-state index is -0.402. The van der Waals surface area contributed by atoms with Crippen molar-refractivity contribution in [2.24, 2.45) is 0 Å². The fourth-order valence-electron chi connectivity index (χ4n) is 1.88. The summed E-state index contributed by atoms with van der Waals surface area (Å²) < 4.78 is 11.2. The molecule has 0 bridgehead atoms. The van der Waals surface area contributed by atoms with Crippen molar-refractivity contribution < 1.29 is 14.3 Å². The van der Waals surface area contributed by atoms with Gasteiger partial charge < -0.3 is 9.47 Å². The predicted molar refractivity (Wildman–Crippen MR) is 70.3 cm³/mol. The molecule has 98 valence electrons. The molecule has 4 heteroatoms. The maximum Gasteiger partial charge on any atom is 0.169 e. The zero-order valence-corrected chi connectivity index (χ0v) is 11.4. The molecule has 1 aromatic carbocycles. The van der Waals surface area contributed by atoms with Crippen LogP contribution in [0.3, 0.4) is 0 Å². The smallest absolute Gasteiger partial charge is 0.169 e. The van der Waals surface area contributed by atoms with Crippen LogP contribution in [0.2, 0.25) is 5.02 Å². The third kappa shape index (κ3) is 2.85. The van der Waals surface area contributed by atoms with Crippen molar-refractivity contribution in [1.82, 2.24) is 0 Å². The number of hydrogen-bond donors (Lipinski definition) is 0. The molecule has 2 unspecified atom stereocenters. The van der Waals surface area contributed by atoms with Gasteiger partial charge in [-0.2, -0.15) is 0 Å². The standard InChI is InChI=1S/C14H17ClO3/c1-3-6-17-14-12(16)8-13(14)18-10-4-5-11(15)9(2)7-10/h4-5,7,13-14H,3,6,8H2,1-2H3. The Morgan fingerprint density at radius 2 is 2.22 bits per heavy atom. The number of carbonyl (C=O) groups is 1. The number of aryl methyl sites for hydroxylation is 1. The van der Waals surface area contributed by atoms with Crippen molar-refractivity contribution >= 4 is 17.4 Å². The largest absolute Gasteiger partial charge is 0.487 e. The molecule has 0 spiro atoms. The highest BCUT2D eigenvalue weighted by Crippen LogP contribution is 2.28. The molecule has 0 N–H and O–H groups in total. The number of Topliss-reactive ketones (excluding diaryl/α,β-unsaturated/α-hetero) is 1. The highest BCUT2D eigenvalue weighted by atomic mass is 35.5. The molecule has 0 amide bonds. The first kappa shape index (κ1) is 13.4. The lowest BCUT2D eigenvalue weighted by Crippen LogP contribution is -2.52. The highest BCUT2D eigenvalue weighted by Gasteiger charge is 2.42. The number of hydrogen-bond acceptors (Lipinski definition) is 3. The molecule has 2 rings (SSSR count). The monoisotopic (exact) mass is 268 g/mol. The third-order valence-electron chi connectivity index (χ3n) is 2.98. The molecule has 3 nitrogen and oxygen atoms in total. The van der Waals surface area contributed by atoms with Gasteiger partial charge in [-0.3, -0.25) is 4.79 Å². The molecule has 18 heavy (non-hydrogen) atoms. The summed E-state index contributed by atoms with van der Waals surface area (Å²) in [5.41, 5.74) is 0.964. The van der Waals surface area contributed by atoms with Crippen molar-refractivity contribution in [3.05, 3.63) is 28.8 Å². The Bertz CT molecular complexity index is 445. The first-order chi connectivity index (χ1) is 8.61. The van der Waals surface area contributed by atoms with Gasteiger partial charge in [0.1, 0.15) is 11.9 Å². The maximum atomic E-state index is 11.4. The lowest BCUT2D eigenvalue weighted by atomic mass is 9.90. The Labute approximate surface area is 112 Å². The lowest BCUT2D eigenvalue weighted by molar-refractivity contribution is -0.154. The van der Waals surface area contributed by atoms with Crippen molar-refractivity contribution in [2.45, 2.75) is 38.9 Å². The summed E-state index contributed by atoms with van der Waals surface area (Å²) >= 11 is 5.95. The van der Waals surface area contributed by atoms with Gasteiger partial charge in [-0.15, -0.1) is 0 Å². The normalized spacial score (nSPS) is 22.7. The molecule has 2 atom stereocenters. The van der Waals surface area contributed by atoms with Crippen LogP contribution in [0.4, 0.5) is 0 Å². The van der Waals surface area contributed by atoms with Gasteiger partial charge in [-0.05, 0) is 37.1 Å². The first-order valence-electron chi connectivity index (χ1n) is 6.19. The van der Waals surface area contributed by atoms with Gasteiger partial charge in [0, 0.05) is 18.1 Å². The van der Waals surface area contributed by atoms with E-state index in [0.29, 0.717) is 18.1 Å². The third-order valence-corrected chi connectivity index (χ3v) is 3.40. The van der Waals surface area contributed by atoms with E-state index < -0.39 is 6.10 Å². The number of ketones is 1. The van der Waals surface area contributed by atoms with Crippen LogP contribution < -0.4 is 4.74 Å². The molecule has 0 aromatic heterocycles. The summed E-state index contributed by atoms with van der Waals surface area (Å²) in [6.07, 6.45) is 0.762. The highest BCUT2D eigenvalue weighted by molar-refractivity contribution is 6.31. The number of halogens is 1. The zero-order valence-electron chi connectivity index (χ0n) is 10.6. The summed E-state index contributed by atoms with van der Waals surface area (Å²) in [4.78, 5) is 11.4. The van der Waals surface area contributed by atoms with E-state index in [1.807, 2.05) is 26.0 Å². The first-order valence-corrected chi connectivity index (χ1v) is 6.56. The minimum absolute atomic E-state index is 0.124. The Hall–Kier alpha value is -1.06. The van der Waals surface area contributed by atoms with Crippen LogP contribution in [0.15, 0.2) is 18.2 Å². The van der Waals surface area contributed by atoms with Gasteiger partial charge in [0.05, 0.1) is 0 Å². The number of ether oxygens (including phenoxy) is 2. The molecule has 0 aliphatic heterocycles. The summed E-state index contributed by atoms with van der Waals surface area (Å²) in [5, 5.41) is 0.714. The molecule has 1 fully saturated rings. The molecule has 1 aliphatic rings. The number of benzene rings is 1. The van der Waals surface area contributed by atoms with Crippen LogP contribution in [-0.4, -0.2) is 24.6 Å². The molecular weight excluding hydrogens is 252 g/mol. The average Bonchev–Trinajstić information content (AvgIpc) is 2.33. The van der Waals surface area contributed by atoms with Crippen LogP contribution >= 0.6 is 11.6 Å². The van der Waals surface area contributed by atoms with Gasteiger partial charge in [0.15, 0.2) is 11.9 Å². The van der Waals surface area contributed by atoms with E-state index >= 15 is 0 Å². The van der Waals surface area contributed by atoms with E-state index in [2.05, 4.69) is 0 Å². The predicted octanol–water partition coefficient (Wildman–Crippen LogP) is 3.16. The fraction of sp³-hybridized carbons (Fsp3) is 0.500. The van der Waals surface area contributed by atoms with Gasteiger partial charge >= 0.3 is 0 Å². The maximum absolute atomic E-state index is 11.4. The molecule has 0 saturated heterocycles. The fourth-order valence-corrected chi connectivity index (χ4v) is 2.00. The van der Waals surface area contributed by atoms with Gasteiger partial charge in [-0.25, -0.2) is 0 Å². The van der Waals surface area contributed by atoms with E-state index in [1.165, 1.54) is 0 Å². The van der Waals surface area contributed by atoms with Crippen LogP contribution in [0.25, 0.3) is 0 Å². The van der Waals surface area contributed by atoms with Gasteiger partial charge in [0.25, 0.3) is 0 Å². The SMILES string of the molecule is CCCOC1C(=O)CC1Oc1ccc(Cl)c(C)c1.